The first-order valence-corrected chi connectivity index (χ1v) is 5.75. The quantitative estimate of drug-likeness (QED) is 0.858. The molecule has 1 aromatic rings. The topological polar surface area (TPSA) is 35.2 Å². The summed E-state index contributed by atoms with van der Waals surface area (Å²) >= 11 is 5.82. The second-order valence-electron chi connectivity index (χ2n) is 4.05. The fourth-order valence-electron chi connectivity index (χ4n) is 1.96. The van der Waals surface area contributed by atoms with Crippen LogP contribution in [0.15, 0.2) is 24.3 Å². The Morgan fingerprint density at radius 2 is 2.13 bits per heavy atom. The number of benzene rings is 1. The van der Waals surface area contributed by atoms with Crippen molar-refractivity contribution in [3.8, 4) is 0 Å². The van der Waals surface area contributed by atoms with Gasteiger partial charge in [0, 0.05) is 17.7 Å². The van der Waals surface area contributed by atoms with Crippen molar-refractivity contribution >= 4 is 11.6 Å². The van der Waals surface area contributed by atoms with Crippen LogP contribution in [0.25, 0.3) is 0 Å². The summed E-state index contributed by atoms with van der Waals surface area (Å²) in [7, 11) is 0. The van der Waals surface area contributed by atoms with Gasteiger partial charge in [-0.2, -0.15) is 0 Å². The summed E-state index contributed by atoms with van der Waals surface area (Å²) in [6.07, 6.45) is 3.33. The molecule has 1 fully saturated rings. The highest BCUT2D eigenvalue weighted by Crippen LogP contribution is 2.18. The van der Waals surface area contributed by atoms with Gasteiger partial charge in [0.05, 0.1) is 6.10 Å². The average Bonchev–Trinajstić information content (AvgIpc) is 2.74. The van der Waals surface area contributed by atoms with Crippen molar-refractivity contribution in [1.82, 2.24) is 0 Å². The zero-order valence-corrected chi connectivity index (χ0v) is 9.41. The van der Waals surface area contributed by atoms with Gasteiger partial charge < -0.3 is 10.5 Å². The molecule has 1 heterocycles. The Morgan fingerprint density at radius 3 is 2.73 bits per heavy atom. The van der Waals surface area contributed by atoms with Gasteiger partial charge >= 0.3 is 0 Å². The Hall–Kier alpha value is -0.570. The minimum absolute atomic E-state index is 0.105. The molecule has 0 bridgehead atoms. The second kappa shape index (κ2) is 4.97. The fraction of sp³-hybridized carbons (Fsp3) is 0.500. The number of ether oxygens (including phenoxy) is 1. The predicted octanol–water partition coefficient (Wildman–Crippen LogP) is 2.39. The highest BCUT2D eigenvalue weighted by Gasteiger charge is 2.22. The van der Waals surface area contributed by atoms with Crippen LogP contribution >= 0.6 is 11.6 Å². The number of halogens is 1. The van der Waals surface area contributed by atoms with E-state index >= 15 is 0 Å². The molecule has 0 spiro atoms. The summed E-state index contributed by atoms with van der Waals surface area (Å²) in [6.45, 7) is 0.860. The summed E-state index contributed by atoms with van der Waals surface area (Å²) in [6, 6.07) is 7.96. The van der Waals surface area contributed by atoms with Gasteiger partial charge in [0.2, 0.25) is 0 Å². The fourth-order valence-corrected chi connectivity index (χ4v) is 2.09. The second-order valence-corrected chi connectivity index (χ2v) is 4.48. The van der Waals surface area contributed by atoms with Crippen LogP contribution in [0, 0.1) is 0 Å². The first kappa shape index (κ1) is 10.9. The molecule has 0 amide bonds. The third kappa shape index (κ3) is 2.94. The van der Waals surface area contributed by atoms with Gasteiger partial charge in [-0.05, 0) is 37.0 Å². The van der Waals surface area contributed by atoms with Crippen molar-refractivity contribution in [2.24, 2.45) is 5.73 Å². The smallest absolute Gasteiger partial charge is 0.0730 e. The molecule has 0 aromatic heterocycles. The zero-order valence-electron chi connectivity index (χ0n) is 8.66. The molecular formula is C12H16ClNO. The molecule has 82 valence electrons. The lowest BCUT2D eigenvalue weighted by atomic mass is 10.0. The standard InChI is InChI=1S/C12H16ClNO/c13-10-5-3-9(4-6-10)8-11(14)12-2-1-7-15-12/h3-6,11-12H,1-2,7-8,14H2. The van der Waals surface area contributed by atoms with Gasteiger partial charge in [0.25, 0.3) is 0 Å². The molecule has 1 aliphatic rings. The van der Waals surface area contributed by atoms with E-state index in [4.69, 9.17) is 22.1 Å². The van der Waals surface area contributed by atoms with E-state index < -0.39 is 0 Å². The SMILES string of the molecule is NC(Cc1ccc(Cl)cc1)C1CCCO1. The predicted molar refractivity (Wildman–Crippen MR) is 62.1 cm³/mol. The molecule has 2 N–H and O–H groups in total. The van der Waals surface area contributed by atoms with Crippen LogP contribution in [0.5, 0.6) is 0 Å². The van der Waals surface area contributed by atoms with Crippen molar-refractivity contribution in [2.75, 3.05) is 6.61 Å². The largest absolute Gasteiger partial charge is 0.377 e. The summed E-state index contributed by atoms with van der Waals surface area (Å²) in [5.74, 6) is 0. The van der Waals surface area contributed by atoms with Gasteiger partial charge in [-0.25, -0.2) is 0 Å². The van der Waals surface area contributed by atoms with E-state index in [1.165, 1.54) is 5.56 Å². The molecular weight excluding hydrogens is 210 g/mol. The third-order valence-corrected chi connectivity index (χ3v) is 3.08. The number of nitrogens with two attached hydrogens (primary N) is 1. The molecule has 2 atom stereocenters. The molecule has 1 saturated heterocycles. The highest BCUT2D eigenvalue weighted by atomic mass is 35.5. The van der Waals surface area contributed by atoms with Gasteiger partial charge in [-0.1, -0.05) is 23.7 Å². The Morgan fingerprint density at radius 1 is 1.40 bits per heavy atom. The van der Waals surface area contributed by atoms with Gasteiger partial charge in [0.15, 0.2) is 0 Å². The third-order valence-electron chi connectivity index (χ3n) is 2.83. The van der Waals surface area contributed by atoms with Crippen LogP contribution in [0.3, 0.4) is 0 Å². The molecule has 0 aliphatic carbocycles. The van der Waals surface area contributed by atoms with Crippen LogP contribution in [-0.4, -0.2) is 18.8 Å². The van der Waals surface area contributed by atoms with Crippen molar-refractivity contribution in [3.63, 3.8) is 0 Å². The molecule has 1 aliphatic heterocycles. The molecule has 2 unspecified atom stereocenters. The van der Waals surface area contributed by atoms with Crippen molar-refractivity contribution in [3.05, 3.63) is 34.9 Å². The van der Waals surface area contributed by atoms with Crippen molar-refractivity contribution < 1.29 is 4.74 Å². The Bertz CT molecular complexity index is 306. The normalized spacial score (nSPS) is 22.9. The van der Waals surface area contributed by atoms with Gasteiger partial charge in [-0.15, -0.1) is 0 Å². The summed E-state index contributed by atoms with van der Waals surface area (Å²) in [5.41, 5.74) is 7.32. The molecule has 0 radical (unpaired) electrons. The maximum Gasteiger partial charge on any atom is 0.0730 e. The van der Waals surface area contributed by atoms with Crippen molar-refractivity contribution in [2.45, 2.75) is 31.4 Å². The van der Waals surface area contributed by atoms with E-state index in [1.54, 1.807) is 0 Å². The van der Waals surface area contributed by atoms with E-state index in [0.29, 0.717) is 0 Å². The molecule has 3 heteroatoms. The van der Waals surface area contributed by atoms with E-state index in [1.807, 2.05) is 24.3 Å². The lowest BCUT2D eigenvalue weighted by Gasteiger charge is -2.18. The molecule has 2 rings (SSSR count). The molecule has 0 saturated carbocycles. The lowest BCUT2D eigenvalue weighted by molar-refractivity contribution is 0.0900. The van der Waals surface area contributed by atoms with E-state index in [9.17, 15) is 0 Å². The molecule has 15 heavy (non-hydrogen) atoms. The van der Waals surface area contributed by atoms with Crippen molar-refractivity contribution in [1.29, 1.82) is 0 Å². The van der Waals surface area contributed by atoms with Crippen LogP contribution in [0.4, 0.5) is 0 Å². The lowest BCUT2D eigenvalue weighted by Crippen LogP contribution is -2.36. The van der Waals surface area contributed by atoms with E-state index in [2.05, 4.69) is 0 Å². The Labute approximate surface area is 95.4 Å². The number of rotatable bonds is 3. The van der Waals surface area contributed by atoms with Crippen LogP contribution in [0.1, 0.15) is 18.4 Å². The summed E-state index contributed by atoms with van der Waals surface area (Å²) < 4.78 is 5.56. The first-order chi connectivity index (χ1) is 7.25. The van der Waals surface area contributed by atoms with Crippen LogP contribution in [0.2, 0.25) is 5.02 Å². The van der Waals surface area contributed by atoms with Gasteiger partial charge in [0.1, 0.15) is 0 Å². The zero-order chi connectivity index (χ0) is 10.7. The minimum atomic E-state index is 0.105. The van der Waals surface area contributed by atoms with Crippen LogP contribution in [-0.2, 0) is 11.2 Å². The summed E-state index contributed by atoms with van der Waals surface area (Å²) in [4.78, 5) is 0. The van der Waals surface area contributed by atoms with E-state index in [0.717, 1.165) is 30.9 Å². The van der Waals surface area contributed by atoms with Crippen LogP contribution < -0.4 is 5.73 Å². The highest BCUT2D eigenvalue weighted by molar-refractivity contribution is 6.30. The number of hydrogen-bond donors (Lipinski definition) is 1. The maximum atomic E-state index is 6.09. The Balaban J connectivity index is 1.92. The molecule has 2 nitrogen and oxygen atoms in total. The summed E-state index contributed by atoms with van der Waals surface area (Å²) in [5, 5.41) is 0.768. The first-order valence-electron chi connectivity index (χ1n) is 5.37. The maximum absolute atomic E-state index is 6.09. The van der Waals surface area contributed by atoms with Gasteiger partial charge in [-0.3, -0.25) is 0 Å². The minimum Gasteiger partial charge on any atom is -0.377 e. The Kier molecular flexibility index (Phi) is 3.62. The molecule has 1 aromatic carbocycles. The monoisotopic (exact) mass is 225 g/mol. The van der Waals surface area contributed by atoms with E-state index in [-0.39, 0.29) is 12.1 Å². The number of hydrogen-bond acceptors (Lipinski definition) is 2. The average molecular weight is 226 g/mol.